The van der Waals surface area contributed by atoms with E-state index in [4.69, 9.17) is 10.5 Å². The molecule has 0 saturated carbocycles. The zero-order valence-electron chi connectivity index (χ0n) is 14.5. The second-order valence-corrected chi connectivity index (χ2v) is 5.08. The Morgan fingerprint density at radius 3 is 2.45 bits per heavy atom. The summed E-state index contributed by atoms with van der Waals surface area (Å²) in [7, 11) is 0. The topological polar surface area (TPSA) is 47.6 Å². The van der Waals surface area contributed by atoms with E-state index in [1.54, 1.807) is 12.4 Å². The van der Waals surface area contributed by atoms with Crippen molar-refractivity contribution in [3.05, 3.63) is 53.8 Å². The maximum atomic E-state index is 5.89. The van der Waals surface area contributed by atoms with Crippen molar-refractivity contribution in [2.24, 2.45) is 10.7 Å². The molecule has 0 atom stereocenters. The van der Waals surface area contributed by atoms with Crippen LogP contribution in [0.15, 0.2) is 52.4 Å². The summed E-state index contributed by atoms with van der Waals surface area (Å²) in [4.78, 5) is 4.39. The number of nitrogens with two attached hydrogens (primary N) is 1. The van der Waals surface area contributed by atoms with Crippen LogP contribution in [0.1, 0.15) is 41.0 Å². The van der Waals surface area contributed by atoms with Gasteiger partial charge >= 0.3 is 0 Å². The molecule has 0 amide bonds. The zero-order valence-corrected chi connectivity index (χ0v) is 18.7. The van der Waals surface area contributed by atoms with Gasteiger partial charge in [-0.1, -0.05) is 18.2 Å². The van der Waals surface area contributed by atoms with Gasteiger partial charge in [-0.05, 0) is 33.8 Å². The van der Waals surface area contributed by atoms with Crippen molar-refractivity contribution < 1.29 is 35.9 Å². The van der Waals surface area contributed by atoms with Crippen LogP contribution in [0.2, 0.25) is 0 Å². The predicted octanol–water partition coefficient (Wildman–Crippen LogP) is 4.35. The molecule has 2 N–H and O–H groups in total. The number of hydrogen-bond acceptors (Lipinski definition) is 3. The summed E-state index contributed by atoms with van der Waals surface area (Å²) in [5, 5.41) is 0. The number of allylic oxidation sites excluding steroid dienone is 4. The number of nitrogens with zero attached hydrogens (tertiary/aromatic N) is 1. The van der Waals surface area contributed by atoms with Gasteiger partial charge in [0.1, 0.15) is 5.76 Å². The first-order valence-corrected chi connectivity index (χ1v) is 7.36. The minimum atomic E-state index is 0. The van der Waals surface area contributed by atoms with Crippen LogP contribution < -0.4 is 5.73 Å². The van der Waals surface area contributed by atoms with Crippen molar-refractivity contribution in [2.45, 2.75) is 47.1 Å². The van der Waals surface area contributed by atoms with Crippen LogP contribution in [0.5, 0.6) is 0 Å². The Hall–Kier alpha value is -0.718. The Bertz CT molecular complexity index is 446. The Morgan fingerprint density at radius 1 is 1.41 bits per heavy atom. The molecule has 0 aliphatic rings. The fourth-order valence-corrected chi connectivity index (χ4v) is 1.67. The minimum absolute atomic E-state index is 0. The first-order chi connectivity index (χ1) is 9.96. The van der Waals surface area contributed by atoms with Gasteiger partial charge in [0.25, 0.3) is 0 Å². The average Bonchev–Trinajstić information content (AvgIpc) is 2.40. The third-order valence-electron chi connectivity index (χ3n) is 2.56. The van der Waals surface area contributed by atoms with Gasteiger partial charge in [0.15, 0.2) is 0 Å². The molecule has 0 aromatic heterocycles. The number of aliphatic imine (C=N–C) groups is 1. The minimum Gasteiger partial charge on any atom is -0.490 e. The molecule has 122 valence electrons. The van der Waals surface area contributed by atoms with Crippen molar-refractivity contribution in [1.29, 1.82) is 0 Å². The SMILES string of the molecule is C=C(C)\C=C(OC(C)C)/C(=C\C)C(/C=NCC[CH-]C)=C/N.[U]. The number of rotatable bonds is 9. The molecule has 0 aliphatic heterocycles. The molecule has 22 heavy (non-hydrogen) atoms. The van der Waals surface area contributed by atoms with Crippen LogP contribution in [0.4, 0.5) is 0 Å². The number of hydrogen-bond donors (Lipinski definition) is 1. The first kappa shape index (κ1) is 23.5. The van der Waals surface area contributed by atoms with Crippen LogP contribution in [-0.2, 0) is 4.74 Å². The molecule has 3 nitrogen and oxygen atoms in total. The summed E-state index contributed by atoms with van der Waals surface area (Å²) in [5.74, 6) is 0.769. The molecular weight excluding hydrogens is 498 g/mol. The molecule has 0 fully saturated rings. The molecule has 0 heterocycles. The van der Waals surface area contributed by atoms with Gasteiger partial charge in [-0.3, -0.25) is 4.99 Å². The maximum Gasteiger partial charge on any atom is 0.127 e. The van der Waals surface area contributed by atoms with Crippen LogP contribution in [0.25, 0.3) is 0 Å². The van der Waals surface area contributed by atoms with E-state index in [0.29, 0.717) is 0 Å². The van der Waals surface area contributed by atoms with E-state index in [9.17, 15) is 0 Å². The Balaban J connectivity index is 0. The molecular formula is C18H29N2OU-. The molecule has 0 saturated heterocycles. The van der Waals surface area contributed by atoms with Gasteiger partial charge < -0.3 is 16.9 Å². The Kier molecular flexibility index (Phi) is 14.9. The molecule has 0 aromatic carbocycles. The van der Waals surface area contributed by atoms with Crippen molar-refractivity contribution in [2.75, 3.05) is 6.54 Å². The van der Waals surface area contributed by atoms with Crippen LogP contribution in [0.3, 0.4) is 0 Å². The van der Waals surface area contributed by atoms with E-state index in [-0.39, 0.29) is 37.2 Å². The van der Waals surface area contributed by atoms with Gasteiger partial charge in [0, 0.05) is 61.2 Å². The summed E-state index contributed by atoms with van der Waals surface area (Å²) >= 11 is 0. The van der Waals surface area contributed by atoms with Gasteiger partial charge in [-0.2, -0.15) is 13.3 Å². The van der Waals surface area contributed by atoms with Crippen molar-refractivity contribution >= 4 is 6.21 Å². The summed E-state index contributed by atoms with van der Waals surface area (Å²) in [6, 6.07) is 0. The molecule has 0 unspecified atom stereocenters. The van der Waals surface area contributed by atoms with Crippen LogP contribution in [-0.4, -0.2) is 18.9 Å². The van der Waals surface area contributed by atoms with Gasteiger partial charge in [-0.15, -0.1) is 0 Å². The van der Waals surface area contributed by atoms with E-state index in [2.05, 4.69) is 18.0 Å². The third-order valence-corrected chi connectivity index (χ3v) is 2.56. The van der Waals surface area contributed by atoms with Gasteiger partial charge in [-0.25, -0.2) is 0 Å². The Labute approximate surface area is 159 Å². The number of unbranched alkanes of at least 4 members (excludes halogenated alkanes) is 1. The largest absolute Gasteiger partial charge is 0.490 e. The number of ether oxygens (including phenoxy) is 1. The Morgan fingerprint density at radius 2 is 2.05 bits per heavy atom. The van der Waals surface area contributed by atoms with Gasteiger partial charge in [0.2, 0.25) is 0 Å². The van der Waals surface area contributed by atoms with E-state index >= 15 is 0 Å². The fraction of sp³-hybridized carbons (Fsp3) is 0.444. The zero-order chi connectivity index (χ0) is 16.3. The third kappa shape index (κ3) is 10.1. The molecule has 0 aromatic rings. The quantitative estimate of drug-likeness (QED) is 0.160. The fourth-order valence-electron chi connectivity index (χ4n) is 1.67. The molecule has 0 aliphatic carbocycles. The molecule has 0 rings (SSSR count). The van der Waals surface area contributed by atoms with Crippen LogP contribution in [0, 0.1) is 37.5 Å². The summed E-state index contributed by atoms with van der Waals surface area (Å²) < 4.78 is 5.89. The monoisotopic (exact) mass is 527 g/mol. The summed E-state index contributed by atoms with van der Waals surface area (Å²) in [5.41, 5.74) is 8.46. The van der Waals surface area contributed by atoms with Crippen molar-refractivity contribution in [3.63, 3.8) is 0 Å². The summed E-state index contributed by atoms with van der Waals surface area (Å²) in [6.45, 7) is 14.6. The second-order valence-electron chi connectivity index (χ2n) is 5.08. The standard InChI is InChI=1S/C18H29N2O.U/c1-7-9-10-20-13-16(12-19)17(8-2)18(11-14(3)4)21-15(5)6;/h7-8,11-13,15H,3,9-10,19H2,1-2,4-6H3;/q-1;/b16-12+,17-8-,18-11+,20-13?;. The van der Waals surface area contributed by atoms with E-state index in [1.165, 1.54) is 0 Å². The second kappa shape index (κ2) is 13.9. The molecule has 4 heteroatoms. The van der Waals surface area contributed by atoms with E-state index < -0.39 is 0 Å². The molecule has 0 spiro atoms. The smallest absolute Gasteiger partial charge is 0.127 e. The molecule has 0 bridgehead atoms. The maximum absolute atomic E-state index is 5.89. The van der Waals surface area contributed by atoms with Crippen LogP contribution >= 0.6 is 0 Å². The van der Waals surface area contributed by atoms with Gasteiger partial charge in [0.05, 0.1) is 6.10 Å². The predicted molar refractivity (Wildman–Crippen MR) is 93.1 cm³/mol. The first-order valence-electron chi connectivity index (χ1n) is 7.36. The average molecular weight is 527 g/mol. The summed E-state index contributed by atoms with van der Waals surface area (Å²) in [6.07, 6.45) is 10.4. The van der Waals surface area contributed by atoms with Crippen molar-refractivity contribution in [3.8, 4) is 0 Å². The van der Waals surface area contributed by atoms with E-state index in [0.717, 1.165) is 35.4 Å². The molecule has 0 radical (unpaired) electrons. The normalized spacial score (nSPS) is 13.5. The van der Waals surface area contributed by atoms with E-state index in [1.807, 2.05) is 46.8 Å². The van der Waals surface area contributed by atoms with Crippen molar-refractivity contribution in [1.82, 2.24) is 0 Å².